The topological polar surface area (TPSA) is 41.6 Å². The molecule has 0 bridgehead atoms. The number of para-hydroxylation sites is 2. The number of aromatic nitrogens is 2. The standard InChI is InChI=1S/C27H27N3/c1-19(2)15-21-11-13-24(14-12-21)20(3)27-29-25-9-4-5-10-26(25)30(27)18-23-8-6-7-22(16-23)17-28/h4-14,16,19-20H,15,18H2,1-3H3. The monoisotopic (exact) mass is 393 g/mol. The van der Waals surface area contributed by atoms with Gasteiger partial charge < -0.3 is 4.57 Å². The van der Waals surface area contributed by atoms with Crippen LogP contribution in [0.5, 0.6) is 0 Å². The molecule has 4 aromatic rings. The molecule has 1 aromatic heterocycles. The molecule has 150 valence electrons. The Morgan fingerprint density at radius 1 is 0.900 bits per heavy atom. The number of rotatable bonds is 6. The number of imidazole rings is 1. The van der Waals surface area contributed by atoms with Gasteiger partial charge in [-0.2, -0.15) is 5.26 Å². The SMILES string of the molecule is CC(C)Cc1ccc(C(C)c2nc3ccccc3n2Cc2cccc(C#N)c2)cc1. The molecule has 0 aliphatic rings. The van der Waals surface area contributed by atoms with Crippen LogP contribution < -0.4 is 0 Å². The zero-order valence-electron chi connectivity index (χ0n) is 17.8. The minimum Gasteiger partial charge on any atom is -0.323 e. The summed E-state index contributed by atoms with van der Waals surface area (Å²) in [5.74, 6) is 1.88. The van der Waals surface area contributed by atoms with E-state index in [1.165, 1.54) is 11.1 Å². The zero-order chi connectivity index (χ0) is 21.1. The van der Waals surface area contributed by atoms with Crippen molar-refractivity contribution in [2.75, 3.05) is 0 Å². The lowest BCUT2D eigenvalue weighted by Crippen LogP contribution is -2.09. The fourth-order valence-electron chi connectivity index (χ4n) is 4.08. The predicted octanol–water partition coefficient (Wildman–Crippen LogP) is 6.31. The first-order valence-corrected chi connectivity index (χ1v) is 10.6. The van der Waals surface area contributed by atoms with Crippen LogP contribution in [-0.4, -0.2) is 9.55 Å². The smallest absolute Gasteiger partial charge is 0.117 e. The molecule has 3 nitrogen and oxygen atoms in total. The Balaban J connectivity index is 1.73. The Bertz CT molecular complexity index is 1190. The van der Waals surface area contributed by atoms with Crippen molar-refractivity contribution in [1.29, 1.82) is 5.26 Å². The highest BCUT2D eigenvalue weighted by atomic mass is 15.1. The third-order valence-corrected chi connectivity index (χ3v) is 5.59. The van der Waals surface area contributed by atoms with Gasteiger partial charge in [-0.3, -0.25) is 0 Å². The molecular formula is C27H27N3. The molecule has 4 rings (SSSR count). The lowest BCUT2D eigenvalue weighted by atomic mass is 9.96. The lowest BCUT2D eigenvalue weighted by molar-refractivity contribution is 0.646. The molecule has 1 atom stereocenters. The molecule has 3 heteroatoms. The predicted molar refractivity (Wildman–Crippen MR) is 122 cm³/mol. The summed E-state index contributed by atoms with van der Waals surface area (Å²) in [5.41, 5.74) is 6.57. The van der Waals surface area contributed by atoms with E-state index in [4.69, 9.17) is 4.98 Å². The Hall–Kier alpha value is -3.38. The molecule has 0 radical (unpaired) electrons. The largest absolute Gasteiger partial charge is 0.323 e. The summed E-state index contributed by atoms with van der Waals surface area (Å²) in [4.78, 5) is 5.00. The summed E-state index contributed by atoms with van der Waals surface area (Å²) >= 11 is 0. The van der Waals surface area contributed by atoms with Crippen molar-refractivity contribution in [3.05, 3.63) is 101 Å². The van der Waals surface area contributed by atoms with E-state index in [9.17, 15) is 5.26 Å². The second-order valence-corrected chi connectivity index (χ2v) is 8.42. The number of nitriles is 1. The molecule has 0 aliphatic heterocycles. The summed E-state index contributed by atoms with van der Waals surface area (Å²) in [6.45, 7) is 7.42. The van der Waals surface area contributed by atoms with Gasteiger partial charge in [-0.05, 0) is 53.3 Å². The minimum absolute atomic E-state index is 0.171. The van der Waals surface area contributed by atoms with Gasteiger partial charge in [0.1, 0.15) is 5.82 Å². The van der Waals surface area contributed by atoms with E-state index in [0.29, 0.717) is 18.0 Å². The highest BCUT2D eigenvalue weighted by molar-refractivity contribution is 5.76. The third-order valence-electron chi connectivity index (χ3n) is 5.59. The molecule has 0 spiro atoms. The van der Waals surface area contributed by atoms with Crippen molar-refractivity contribution in [3.8, 4) is 6.07 Å². The molecule has 0 fully saturated rings. The van der Waals surface area contributed by atoms with Crippen molar-refractivity contribution < 1.29 is 0 Å². The molecule has 1 unspecified atom stereocenters. The first-order chi connectivity index (χ1) is 14.5. The first kappa shape index (κ1) is 19.9. The van der Waals surface area contributed by atoms with Gasteiger partial charge in [0.15, 0.2) is 0 Å². The summed E-state index contributed by atoms with van der Waals surface area (Å²) in [7, 11) is 0. The Morgan fingerprint density at radius 3 is 2.40 bits per heavy atom. The van der Waals surface area contributed by atoms with Gasteiger partial charge in [-0.25, -0.2) is 4.98 Å². The highest BCUT2D eigenvalue weighted by Crippen LogP contribution is 2.28. The fraction of sp³-hybridized carbons (Fsp3) is 0.259. The second-order valence-electron chi connectivity index (χ2n) is 8.42. The van der Waals surface area contributed by atoms with Crippen LogP contribution in [0.3, 0.4) is 0 Å². The van der Waals surface area contributed by atoms with Gasteiger partial charge >= 0.3 is 0 Å². The van der Waals surface area contributed by atoms with Crippen LogP contribution in [0.25, 0.3) is 11.0 Å². The van der Waals surface area contributed by atoms with E-state index in [0.717, 1.165) is 28.8 Å². The van der Waals surface area contributed by atoms with E-state index < -0.39 is 0 Å². The Morgan fingerprint density at radius 2 is 1.67 bits per heavy atom. The normalized spacial score (nSPS) is 12.2. The second kappa shape index (κ2) is 8.55. The number of hydrogen-bond acceptors (Lipinski definition) is 2. The average Bonchev–Trinajstić information content (AvgIpc) is 3.12. The van der Waals surface area contributed by atoms with Crippen LogP contribution in [0.4, 0.5) is 0 Å². The molecule has 30 heavy (non-hydrogen) atoms. The fourth-order valence-corrected chi connectivity index (χ4v) is 4.08. The van der Waals surface area contributed by atoms with E-state index in [1.807, 2.05) is 24.3 Å². The number of fused-ring (bicyclic) bond motifs is 1. The van der Waals surface area contributed by atoms with E-state index in [-0.39, 0.29) is 5.92 Å². The zero-order valence-corrected chi connectivity index (χ0v) is 17.8. The van der Waals surface area contributed by atoms with Crippen LogP contribution in [0.1, 0.15) is 54.8 Å². The van der Waals surface area contributed by atoms with Crippen LogP contribution in [-0.2, 0) is 13.0 Å². The van der Waals surface area contributed by atoms with Crippen LogP contribution >= 0.6 is 0 Å². The molecule has 0 N–H and O–H groups in total. The van der Waals surface area contributed by atoms with Crippen molar-refractivity contribution >= 4 is 11.0 Å². The van der Waals surface area contributed by atoms with Gasteiger partial charge in [0.2, 0.25) is 0 Å². The van der Waals surface area contributed by atoms with Crippen molar-refractivity contribution in [1.82, 2.24) is 9.55 Å². The minimum atomic E-state index is 0.171. The van der Waals surface area contributed by atoms with Gasteiger partial charge in [-0.15, -0.1) is 0 Å². The van der Waals surface area contributed by atoms with Gasteiger partial charge in [0.25, 0.3) is 0 Å². The summed E-state index contributed by atoms with van der Waals surface area (Å²) < 4.78 is 2.29. The van der Waals surface area contributed by atoms with Crippen LogP contribution in [0.2, 0.25) is 0 Å². The summed E-state index contributed by atoms with van der Waals surface area (Å²) in [5, 5.41) is 9.26. The molecular weight excluding hydrogens is 366 g/mol. The quantitative estimate of drug-likeness (QED) is 0.385. The first-order valence-electron chi connectivity index (χ1n) is 10.6. The summed E-state index contributed by atoms with van der Waals surface area (Å²) in [6, 6.07) is 27.3. The average molecular weight is 394 g/mol. The molecule has 0 aliphatic carbocycles. The Kier molecular flexibility index (Phi) is 5.68. The molecule has 3 aromatic carbocycles. The number of nitrogens with zero attached hydrogens (tertiary/aromatic N) is 3. The molecule has 0 amide bonds. The van der Waals surface area contributed by atoms with Crippen molar-refractivity contribution in [3.63, 3.8) is 0 Å². The van der Waals surface area contributed by atoms with E-state index in [2.05, 4.69) is 79.9 Å². The van der Waals surface area contributed by atoms with E-state index >= 15 is 0 Å². The summed E-state index contributed by atoms with van der Waals surface area (Å²) in [6.07, 6.45) is 1.10. The molecule has 0 saturated carbocycles. The third kappa shape index (κ3) is 4.14. The van der Waals surface area contributed by atoms with Gasteiger partial charge in [0.05, 0.1) is 22.7 Å². The maximum atomic E-state index is 9.26. The van der Waals surface area contributed by atoms with E-state index in [1.54, 1.807) is 0 Å². The van der Waals surface area contributed by atoms with Crippen LogP contribution in [0.15, 0.2) is 72.8 Å². The maximum absolute atomic E-state index is 9.26. The Labute approximate surface area is 178 Å². The van der Waals surface area contributed by atoms with Gasteiger partial charge in [0, 0.05) is 12.5 Å². The maximum Gasteiger partial charge on any atom is 0.117 e. The van der Waals surface area contributed by atoms with Gasteiger partial charge in [-0.1, -0.05) is 69.3 Å². The highest BCUT2D eigenvalue weighted by Gasteiger charge is 2.18. The van der Waals surface area contributed by atoms with Crippen molar-refractivity contribution in [2.24, 2.45) is 5.92 Å². The number of benzene rings is 3. The molecule has 1 heterocycles. The number of hydrogen-bond donors (Lipinski definition) is 0. The van der Waals surface area contributed by atoms with Crippen molar-refractivity contribution in [2.45, 2.75) is 39.7 Å². The molecule has 0 saturated heterocycles. The van der Waals surface area contributed by atoms with Crippen LogP contribution in [0, 0.1) is 17.2 Å². The lowest BCUT2D eigenvalue weighted by Gasteiger charge is -2.16.